The van der Waals surface area contributed by atoms with E-state index in [1.807, 2.05) is 6.07 Å². The number of nitriles is 1. The fourth-order valence-corrected chi connectivity index (χ4v) is 3.00. The third-order valence-electron chi connectivity index (χ3n) is 2.72. The van der Waals surface area contributed by atoms with Crippen LogP contribution in [0.25, 0.3) is 0 Å². The lowest BCUT2D eigenvalue weighted by atomic mass is 10.2. The molecule has 0 radical (unpaired) electrons. The number of nitrogens with zero attached hydrogens (tertiary/aromatic N) is 2. The lowest BCUT2D eigenvalue weighted by molar-refractivity contribution is 0.439. The van der Waals surface area contributed by atoms with Crippen molar-refractivity contribution in [2.24, 2.45) is 5.92 Å². The summed E-state index contributed by atoms with van der Waals surface area (Å²) in [5.41, 5.74) is 5.39. The van der Waals surface area contributed by atoms with E-state index in [0.717, 1.165) is 10.4 Å². The van der Waals surface area contributed by atoms with Crippen molar-refractivity contribution >= 4 is 15.7 Å². The van der Waals surface area contributed by atoms with Crippen LogP contribution in [0.3, 0.4) is 0 Å². The summed E-state index contributed by atoms with van der Waals surface area (Å²) in [6.45, 7) is 3.13. The van der Waals surface area contributed by atoms with Gasteiger partial charge in [-0.05, 0) is 31.5 Å². The van der Waals surface area contributed by atoms with Crippen LogP contribution in [0.5, 0.6) is 0 Å². The van der Waals surface area contributed by atoms with Crippen LogP contribution < -0.4 is 5.73 Å². The molecule has 0 amide bonds. The van der Waals surface area contributed by atoms with Crippen molar-refractivity contribution in [2.45, 2.75) is 18.7 Å². The Morgan fingerprint density at radius 1 is 1.53 bits per heavy atom. The molecule has 0 fully saturated rings. The summed E-state index contributed by atoms with van der Waals surface area (Å²) >= 11 is 0. The van der Waals surface area contributed by atoms with Gasteiger partial charge in [-0.1, -0.05) is 0 Å². The van der Waals surface area contributed by atoms with E-state index in [-0.39, 0.29) is 22.7 Å². The minimum Gasteiger partial charge on any atom is -0.396 e. The van der Waals surface area contributed by atoms with Gasteiger partial charge in [-0.2, -0.15) is 9.57 Å². The molecule has 7 heteroatoms. The largest absolute Gasteiger partial charge is 0.396 e. The van der Waals surface area contributed by atoms with Crippen molar-refractivity contribution in [3.63, 3.8) is 0 Å². The average molecular weight is 285 g/mol. The Hall–Kier alpha value is -1.65. The van der Waals surface area contributed by atoms with Crippen LogP contribution in [0.15, 0.2) is 17.0 Å². The molecule has 0 saturated carbocycles. The summed E-state index contributed by atoms with van der Waals surface area (Å²) < 4.78 is 38.9. The summed E-state index contributed by atoms with van der Waals surface area (Å²) in [7, 11) is -2.40. The van der Waals surface area contributed by atoms with Gasteiger partial charge in [0.05, 0.1) is 22.6 Å². The molecule has 0 aliphatic rings. The van der Waals surface area contributed by atoms with Crippen LogP contribution in [-0.2, 0) is 10.0 Å². The van der Waals surface area contributed by atoms with E-state index >= 15 is 0 Å². The molecule has 0 bridgehead atoms. The molecule has 104 valence electrons. The van der Waals surface area contributed by atoms with Crippen molar-refractivity contribution < 1.29 is 12.8 Å². The minimum absolute atomic E-state index is 0.0646. The molecule has 19 heavy (non-hydrogen) atoms. The zero-order chi connectivity index (χ0) is 14.8. The highest BCUT2D eigenvalue weighted by Gasteiger charge is 2.24. The molecular weight excluding hydrogens is 269 g/mol. The van der Waals surface area contributed by atoms with Gasteiger partial charge < -0.3 is 5.73 Å². The number of halogens is 1. The van der Waals surface area contributed by atoms with E-state index in [1.54, 1.807) is 6.92 Å². The second-order valence-electron chi connectivity index (χ2n) is 4.46. The molecule has 0 aliphatic carbocycles. The molecule has 0 aliphatic heterocycles. The maximum atomic E-state index is 13.4. The predicted molar refractivity (Wildman–Crippen MR) is 70.1 cm³/mol. The van der Waals surface area contributed by atoms with Crippen molar-refractivity contribution in [3.8, 4) is 6.07 Å². The quantitative estimate of drug-likeness (QED) is 0.849. The Labute approximate surface area is 112 Å². The van der Waals surface area contributed by atoms with Gasteiger partial charge in [0.1, 0.15) is 5.82 Å². The molecule has 1 unspecified atom stereocenters. The SMILES string of the molecule is Cc1cc(S(=O)(=O)N(C)CC(C)C#N)cc(N)c1F. The van der Waals surface area contributed by atoms with Crippen LogP contribution >= 0.6 is 0 Å². The van der Waals surface area contributed by atoms with E-state index in [9.17, 15) is 12.8 Å². The number of rotatable bonds is 4. The third kappa shape index (κ3) is 3.22. The molecule has 0 spiro atoms. The molecule has 5 nitrogen and oxygen atoms in total. The zero-order valence-corrected chi connectivity index (χ0v) is 11.8. The maximum absolute atomic E-state index is 13.4. The number of sulfonamides is 1. The van der Waals surface area contributed by atoms with E-state index in [1.165, 1.54) is 20.0 Å². The van der Waals surface area contributed by atoms with E-state index in [0.29, 0.717) is 0 Å². The Morgan fingerprint density at radius 3 is 2.58 bits per heavy atom. The maximum Gasteiger partial charge on any atom is 0.242 e. The van der Waals surface area contributed by atoms with Crippen LogP contribution in [0.4, 0.5) is 10.1 Å². The molecule has 0 saturated heterocycles. The highest BCUT2D eigenvalue weighted by atomic mass is 32.2. The standard InChI is InChI=1S/C12H16FN3O2S/c1-8(6-14)7-16(3)19(17,18)10-4-9(2)12(13)11(15)5-10/h4-5,8H,7,15H2,1-3H3. The van der Waals surface area contributed by atoms with Crippen molar-refractivity contribution in [2.75, 3.05) is 19.3 Å². The third-order valence-corrected chi connectivity index (χ3v) is 4.52. The second kappa shape index (κ2) is 5.55. The molecular formula is C12H16FN3O2S. The van der Waals surface area contributed by atoms with Crippen LogP contribution in [0, 0.1) is 30.0 Å². The van der Waals surface area contributed by atoms with Gasteiger partial charge in [-0.3, -0.25) is 0 Å². The molecule has 1 rings (SSSR count). The van der Waals surface area contributed by atoms with Gasteiger partial charge >= 0.3 is 0 Å². The predicted octanol–water partition coefficient (Wildman–Crippen LogP) is 1.50. The van der Waals surface area contributed by atoms with Crippen LogP contribution in [0.2, 0.25) is 0 Å². The smallest absolute Gasteiger partial charge is 0.242 e. The number of hydrogen-bond donors (Lipinski definition) is 1. The fourth-order valence-electron chi connectivity index (χ4n) is 1.62. The summed E-state index contributed by atoms with van der Waals surface area (Å²) in [5.74, 6) is -1.05. The topological polar surface area (TPSA) is 87.2 Å². The Balaban J connectivity index is 3.18. The van der Waals surface area contributed by atoms with E-state index in [4.69, 9.17) is 11.0 Å². The monoisotopic (exact) mass is 285 g/mol. The number of benzene rings is 1. The summed E-state index contributed by atoms with van der Waals surface area (Å²) in [5, 5.41) is 8.70. The Kier molecular flexibility index (Phi) is 4.50. The van der Waals surface area contributed by atoms with Gasteiger partial charge in [0.25, 0.3) is 0 Å². The van der Waals surface area contributed by atoms with E-state index in [2.05, 4.69) is 0 Å². The number of nitrogen functional groups attached to an aromatic ring is 1. The first-order valence-electron chi connectivity index (χ1n) is 5.61. The highest BCUT2D eigenvalue weighted by Crippen LogP contribution is 2.23. The first-order valence-corrected chi connectivity index (χ1v) is 7.05. The Morgan fingerprint density at radius 2 is 2.11 bits per heavy atom. The summed E-state index contributed by atoms with van der Waals surface area (Å²) in [6.07, 6.45) is 0. The fraction of sp³-hybridized carbons (Fsp3) is 0.417. The molecule has 2 N–H and O–H groups in total. The zero-order valence-electron chi connectivity index (χ0n) is 11.0. The van der Waals surface area contributed by atoms with Crippen molar-refractivity contribution in [1.82, 2.24) is 4.31 Å². The molecule has 1 atom stereocenters. The molecule has 0 heterocycles. The van der Waals surface area contributed by atoms with Gasteiger partial charge in [0.15, 0.2) is 0 Å². The van der Waals surface area contributed by atoms with Crippen LogP contribution in [-0.4, -0.2) is 26.3 Å². The second-order valence-corrected chi connectivity index (χ2v) is 6.50. The Bertz CT molecular complexity index is 599. The lowest BCUT2D eigenvalue weighted by Gasteiger charge is -2.19. The van der Waals surface area contributed by atoms with Crippen LogP contribution in [0.1, 0.15) is 12.5 Å². The molecule has 1 aromatic rings. The lowest BCUT2D eigenvalue weighted by Crippen LogP contribution is -2.31. The highest BCUT2D eigenvalue weighted by molar-refractivity contribution is 7.89. The van der Waals surface area contributed by atoms with Gasteiger partial charge in [-0.15, -0.1) is 0 Å². The van der Waals surface area contributed by atoms with Crippen molar-refractivity contribution in [1.29, 1.82) is 5.26 Å². The average Bonchev–Trinajstić information content (AvgIpc) is 2.34. The van der Waals surface area contributed by atoms with Gasteiger partial charge in [0.2, 0.25) is 10.0 Å². The number of nitrogens with two attached hydrogens (primary N) is 1. The first-order chi connectivity index (χ1) is 8.70. The normalized spacial score (nSPS) is 13.3. The van der Waals surface area contributed by atoms with Gasteiger partial charge in [-0.25, -0.2) is 12.8 Å². The van der Waals surface area contributed by atoms with Crippen molar-refractivity contribution in [3.05, 3.63) is 23.5 Å². The first kappa shape index (κ1) is 15.4. The molecule has 0 aromatic heterocycles. The summed E-state index contributed by atoms with van der Waals surface area (Å²) in [6, 6.07) is 4.28. The summed E-state index contributed by atoms with van der Waals surface area (Å²) in [4.78, 5) is -0.0726. The number of hydrogen-bond acceptors (Lipinski definition) is 4. The number of anilines is 1. The van der Waals surface area contributed by atoms with E-state index < -0.39 is 21.8 Å². The van der Waals surface area contributed by atoms with Gasteiger partial charge in [0, 0.05) is 13.6 Å². The number of aryl methyl sites for hydroxylation is 1. The minimum atomic E-state index is -3.77. The molecule has 1 aromatic carbocycles.